The first-order valence-corrected chi connectivity index (χ1v) is 5.81. The van der Waals surface area contributed by atoms with E-state index in [-0.39, 0.29) is 6.04 Å². The van der Waals surface area contributed by atoms with Crippen molar-refractivity contribution in [2.45, 2.75) is 64.0 Å². The molecule has 0 bridgehead atoms. The highest BCUT2D eigenvalue weighted by Crippen LogP contribution is 2.08. The van der Waals surface area contributed by atoms with E-state index in [0.717, 1.165) is 12.8 Å². The fourth-order valence-electron chi connectivity index (χ4n) is 1.55. The Morgan fingerprint density at radius 1 is 1.20 bits per heavy atom. The van der Waals surface area contributed by atoms with Crippen molar-refractivity contribution in [1.82, 2.24) is 0 Å². The van der Waals surface area contributed by atoms with Gasteiger partial charge in [0.05, 0.1) is 0 Å². The van der Waals surface area contributed by atoms with Crippen molar-refractivity contribution in [1.29, 1.82) is 0 Å². The molecule has 0 aliphatic rings. The zero-order chi connectivity index (χ0) is 11.7. The molecule has 90 valence electrons. The molecule has 0 aliphatic carbocycles. The van der Waals surface area contributed by atoms with Crippen LogP contribution >= 0.6 is 0 Å². The molecule has 4 heteroatoms. The molecule has 0 aromatic rings. The van der Waals surface area contributed by atoms with Crippen LogP contribution in [0.3, 0.4) is 0 Å². The first-order chi connectivity index (χ1) is 7.07. The summed E-state index contributed by atoms with van der Waals surface area (Å²) >= 11 is 0. The Labute approximate surface area is 92.0 Å². The monoisotopic (exact) mass is 216 g/mol. The van der Waals surface area contributed by atoms with E-state index in [1.165, 1.54) is 25.7 Å². The summed E-state index contributed by atoms with van der Waals surface area (Å²) in [7, 11) is 0. The smallest absolute Gasteiger partial charge is 0.320 e. The van der Waals surface area contributed by atoms with Gasteiger partial charge in [-0.2, -0.15) is 0 Å². The van der Waals surface area contributed by atoms with E-state index < -0.39 is 12.0 Å². The third-order valence-corrected chi connectivity index (χ3v) is 2.55. The highest BCUT2D eigenvalue weighted by atomic mass is 16.4. The van der Waals surface area contributed by atoms with Gasteiger partial charge in [0.25, 0.3) is 0 Å². The Morgan fingerprint density at radius 2 is 1.80 bits per heavy atom. The highest BCUT2D eigenvalue weighted by molar-refractivity contribution is 5.73. The molecule has 0 aromatic heterocycles. The lowest BCUT2D eigenvalue weighted by Gasteiger charge is -2.13. The van der Waals surface area contributed by atoms with Gasteiger partial charge in [0.1, 0.15) is 6.04 Å². The van der Waals surface area contributed by atoms with Gasteiger partial charge in [-0.3, -0.25) is 4.79 Å². The second-order valence-electron chi connectivity index (χ2n) is 4.14. The molecule has 2 atom stereocenters. The molecule has 0 amide bonds. The van der Waals surface area contributed by atoms with Crippen LogP contribution in [0.5, 0.6) is 0 Å². The van der Waals surface area contributed by atoms with E-state index in [0.29, 0.717) is 6.42 Å². The highest BCUT2D eigenvalue weighted by Gasteiger charge is 2.15. The van der Waals surface area contributed by atoms with Gasteiger partial charge >= 0.3 is 5.97 Å². The molecule has 0 aliphatic heterocycles. The lowest BCUT2D eigenvalue weighted by molar-refractivity contribution is -0.138. The van der Waals surface area contributed by atoms with Crippen molar-refractivity contribution in [3.63, 3.8) is 0 Å². The molecule has 0 heterocycles. The van der Waals surface area contributed by atoms with Crippen LogP contribution in [0.4, 0.5) is 0 Å². The van der Waals surface area contributed by atoms with Crippen LogP contribution in [0, 0.1) is 0 Å². The second-order valence-corrected chi connectivity index (χ2v) is 4.14. The van der Waals surface area contributed by atoms with Crippen LogP contribution in [0.2, 0.25) is 0 Å². The maximum absolute atomic E-state index is 10.5. The van der Waals surface area contributed by atoms with E-state index in [1.807, 2.05) is 0 Å². The molecule has 0 fully saturated rings. The maximum Gasteiger partial charge on any atom is 0.320 e. The Morgan fingerprint density at radius 3 is 2.33 bits per heavy atom. The van der Waals surface area contributed by atoms with E-state index in [1.54, 1.807) is 0 Å². The Hall–Kier alpha value is -0.610. The number of rotatable bonds is 9. The number of carboxylic acid groups (broad SMARTS) is 1. The van der Waals surface area contributed by atoms with Crippen LogP contribution in [-0.4, -0.2) is 23.2 Å². The summed E-state index contributed by atoms with van der Waals surface area (Å²) in [5.74, 6) is -0.962. The van der Waals surface area contributed by atoms with Gasteiger partial charge in [-0.25, -0.2) is 0 Å². The fraction of sp³-hybridized carbons (Fsp3) is 0.909. The molecule has 0 radical (unpaired) electrons. The molecule has 0 saturated heterocycles. The summed E-state index contributed by atoms with van der Waals surface area (Å²) in [5.41, 5.74) is 11.2. The van der Waals surface area contributed by atoms with Gasteiger partial charge in [0.15, 0.2) is 0 Å². The molecule has 0 saturated carbocycles. The fourth-order valence-corrected chi connectivity index (χ4v) is 1.55. The third-order valence-electron chi connectivity index (χ3n) is 2.55. The van der Waals surface area contributed by atoms with E-state index in [9.17, 15) is 4.79 Å². The van der Waals surface area contributed by atoms with Gasteiger partial charge in [-0.05, 0) is 12.8 Å². The van der Waals surface area contributed by atoms with Crippen LogP contribution in [0.1, 0.15) is 51.9 Å². The van der Waals surface area contributed by atoms with Crippen molar-refractivity contribution < 1.29 is 9.90 Å². The predicted molar refractivity (Wildman–Crippen MR) is 61.6 cm³/mol. The van der Waals surface area contributed by atoms with Gasteiger partial charge in [0, 0.05) is 6.04 Å². The number of carbonyl (C=O) groups is 1. The molecule has 0 spiro atoms. The molecule has 1 unspecified atom stereocenters. The standard InChI is InChI=1S/C11H24N2O2/c1-2-3-4-5-6-7-9(12)8-10(13)11(14)15/h9-10H,2-8,12-13H2,1H3,(H,14,15)/t9?,10-/m0/s1. The van der Waals surface area contributed by atoms with E-state index in [4.69, 9.17) is 16.6 Å². The minimum Gasteiger partial charge on any atom is -0.480 e. The summed E-state index contributed by atoms with van der Waals surface area (Å²) in [6, 6.07) is -0.881. The van der Waals surface area contributed by atoms with Gasteiger partial charge < -0.3 is 16.6 Å². The minimum atomic E-state index is -0.962. The van der Waals surface area contributed by atoms with E-state index >= 15 is 0 Å². The number of aliphatic carboxylic acids is 1. The lowest BCUT2D eigenvalue weighted by atomic mass is 10.0. The van der Waals surface area contributed by atoms with Crippen molar-refractivity contribution in [2.24, 2.45) is 11.5 Å². The normalized spacial score (nSPS) is 14.9. The lowest BCUT2D eigenvalue weighted by Crippen LogP contribution is -2.37. The molecule has 0 rings (SSSR count). The average Bonchev–Trinajstić information content (AvgIpc) is 2.17. The van der Waals surface area contributed by atoms with Crippen molar-refractivity contribution in [2.75, 3.05) is 0 Å². The number of nitrogens with two attached hydrogens (primary N) is 2. The minimum absolute atomic E-state index is 0.0715. The number of hydrogen-bond donors (Lipinski definition) is 3. The molecule has 4 nitrogen and oxygen atoms in total. The summed E-state index contributed by atoms with van der Waals surface area (Å²) in [5, 5.41) is 8.59. The average molecular weight is 216 g/mol. The van der Waals surface area contributed by atoms with Gasteiger partial charge in [0.2, 0.25) is 0 Å². The quantitative estimate of drug-likeness (QED) is 0.509. The molecule has 0 aromatic carbocycles. The van der Waals surface area contributed by atoms with Gasteiger partial charge in [-0.1, -0.05) is 39.0 Å². The SMILES string of the molecule is CCCCCCCC(N)C[C@H](N)C(=O)O. The topological polar surface area (TPSA) is 89.3 Å². The van der Waals surface area contributed by atoms with Crippen LogP contribution < -0.4 is 11.5 Å². The Kier molecular flexibility index (Phi) is 8.33. The third kappa shape index (κ3) is 8.39. The molecule has 15 heavy (non-hydrogen) atoms. The van der Waals surface area contributed by atoms with Crippen molar-refractivity contribution in [3.05, 3.63) is 0 Å². The van der Waals surface area contributed by atoms with E-state index in [2.05, 4.69) is 6.92 Å². The predicted octanol–water partition coefficient (Wildman–Crippen LogP) is 1.48. The van der Waals surface area contributed by atoms with Crippen LogP contribution in [0.25, 0.3) is 0 Å². The first kappa shape index (κ1) is 14.4. The number of carboxylic acids is 1. The summed E-state index contributed by atoms with van der Waals surface area (Å²) in [6.07, 6.45) is 7.26. The van der Waals surface area contributed by atoms with Crippen molar-refractivity contribution in [3.8, 4) is 0 Å². The Bertz CT molecular complexity index is 174. The number of unbranched alkanes of at least 4 members (excludes halogenated alkanes) is 4. The molecular formula is C11H24N2O2. The largest absolute Gasteiger partial charge is 0.480 e. The summed E-state index contributed by atoms with van der Waals surface area (Å²) in [6.45, 7) is 2.18. The zero-order valence-corrected chi connectivity index (χ0v) is 9.61. The first-order valence-electron chi connectivity index (χ1n) is 5.81. The summed E-state index contributed by atoms with van der Waals surface area (Å²) < 4.78 is 0. The zero-order valence-electron chi connectivity index (χ0n) is 9.61. The molecular weight excluding hydrogens is 192 g/mol. The van der Waals surface area contributed by atoms with Crippen LogP contribution in [-0.2, 0) is 4.79 Å². The summed E-state index contributed by atoms with van der Waals surface area (Å²) in [4.78, 5) is 10.5. The maximum atomic E-state index is 10.5. The molecule has 5 N–H and O–H groups in total. The number of hydrogen-bond acceptors (Lipinski definition) is 3. The van der Waals surface area contributed by atoms with Crippen LogP contribution in [0.15, 0.2) is 0 Å². The van der Waals surface area contributed by atoms with Gasteiger partial charge in [-0.15, -0.1) is 0 Å². The Balaban J connectivity index is 3.40. The van der Waals surface area contributed by atoms with Crippen molar-refractivity contribution >= 4 is 5.97 Å². The second kappa shape index (κ2) is 8.68.